The molecule has 1 unspecified atom stereocenters. The lowest BCUT2D eigenvalue weighted by atomic mass is 9.92. The van der Waals surface area contributed by atoms with Crippen LogP contribution >= 0.6 is 0 Å². The molecular weight excluding hydrogens is 192 g/mol. The number of carbonyl (C=O) groups is 1. The zero-order valence-corrected chi connectivity index (χ0v) is 9.86. The highest BCUT2D eigenvalue weighted by molar-refractivity contribution is 5.80. The summed E-state index contributed by atoms with van der Waals surface area (Å²) in [4.78, 5) is 13.2. The number of likely N-dealkylation sites (N-methyl/N-ethyl adjacent to an activating group) is 1. The average molecular weight is 214 g/mol. The Hall–Kier alpha value is -0.610. The van der Waals surface area contributed by atoms with Crippen molar-refractivity contribution in [1.29, 1.82) is 0 Å². The molecule has 1 saturated carbocycles. The van der Waals surface area contributed by atoms with E-state index in [9.17, 15) is 9.90 Å². The first kappa shape index (κ1) is 12.5. The van der Waals surface area contributed by atoms with Gasteiger partial charge in [-0.25, -0.2) is 0 Å². The van der Waals surface area contributed by atoms with Gasteiger partial charge in [-0.1, -0.05) is 12.8 Å². The summed E-state index contributed by atoms with van der Waals surface area (Å²) in [6.07, 6.45) is 3.75. The van der Waals surface area contributed by atoms with Gasteiger partial charge in [0, 0.05) is 20.1 Å². The molecule has 1 amide bonds. The Balaban J connectivity index is 2.42. The van der Waals surface area contributed by atoms with E-state index in [0.29, 0.717) is 0 Å². The van der Waals surface area contributed by atoms with Crippen LogP contribution in [0.15, 0.2) is 0 Å². The molecule has 1 fully saturated rings. The van der Waals surface area contributed by atoms with E-state index in [1.54, 1.807) is 19.0 Å². The molecule has 4 nitrogen and oxygen atoms in total. The Morgan fingerprint density at radius 2 is 2.00 bits per heavy atom. The van der Waals surface area contributed by atoms with Crippen LogP contribution in [-0.2, 0) is 4.79 Å². The lowest BCUT2D eigenvalue weighted by Gasteiger charge is -2.31. The van der Waals surface area contributed by atoms with Gasteiger partial charge in [0.2, 0.25) is 5.91 Å². The summed E-state index contributed by atoms with van der Waals surface area (Å²) in [6, 6.07) is -0.129. The van der Waals surface area contributed by atoms with Crippen molar-refractivity contribution < 1.29 is 9.90 Å². The molecule has 15 heavy (non-hydrogen) atoms. The van der Waals surface area contributed by atoms with E-state index >= 15 is 0 Å². The number of aliphatic hydroxyl groups is 1. The molecule has 3 atom stereocenters. The SMILES string of the molecule is CC(N[C@@H]1CCCC[C@H]1O)C(=O)N(C)C. The number of rotatable bonds is 3. The maximum Gasteiger partial charge on any atom is 0.238 e. The number of hydrogen-bond donors (Lipinski definition) is 2. The van der Waals surface area contributed by atoms with E-state index < -0.39 is 0 Å². The Kier molecular flexibility index (Phi) is 4.54. The Morgan fingerprint density at radius 3 is 2.53 bits per heavy atom. The predicted molar refractivity (Wildman–Crippen MR) is 59.6 cm³/mol. The number of nitrogens with zero attached hydrogens (tertiary/aromatic N) is 1. The van der Waals surface area contributed by atoms with Crippen molar-refractivity contribution in [2.75, 3.05) is 14.1 Å². The van der Waals surface area contributed by atoms with E-state index in [1.165, 1.54) is 0 Å². The van der Waals surface area contributed by atoms with Crippen molar-refractivity contribution in [2.45, 2.75) is 50.8 Å². The molecule has 88 valence electrons. The summed E-state index contributed by atoms with van der Waals surface area (Å²) in [5.74, 6) is 0.0628. The van der Waals surface area contributed by atoms with Gasteiger partial charge < -0.3 is 15.3 Å². The van der Waals surface area contributed by atoms with E-state index in [1.807, 2.05) is 6.92 Å². The highest BCUT2D eigenvalue weighted by atomic mass is 16.3. The van der Waals surface area contributed by atoms with Crippen molar-refractivity contribution in [3.63, 3.8) is 0 Å². The van der Waals surface area contributed by atoms with Crippen LogP contribution in [0.25, 0.3) is 0 Å². The monoisotopic (exact) mass is 214 g/mol. The van der Waals surface area contributed by atoms with Crippen LogP contribution < -0.4 is 5.32 Å². The lowest BCUT2D eigenvalue weighted by Crippen LogP contribution is -2.51. The minimum Gasteiger partial charge on any atom is -0.392 e. The first-order valence-electron chi connectivity index (χ1n) is 5.67. The van der Waals surface area contributed by atoms with Gasteiger partial charge in [-0.05, 0) is 19.8 Å². The van der Waals surface area contributed by atoms with Crippen molar-refractivity contribution in [2.24, 2.45) is 0 Å². The average Bonchev–Trinajstić information content (AvgIpc) is 2.20. The molecule has 0 aromatic heterocycles. The summed E-state index contributed by atoms with van der Waals surface area (Å²) < 4.78 is 0. The lowest BCUT2D eigenvalue weighted by molar-refractivity contribution is -0.131. The molecule has 0 aromatic carbocycles. The first-order chi connectivity index (χ1) is 7.02. The molecule has 0 spiro atoms. The fourth-order valence-corrected chi connectivity index (χ4v) is 2.09. The number of carbonyl (C=O) groups excluding carboxylic acids is 1. The minimum atomic E-state index is -0.295. The molecule has 0 aromatic rings. The fourth-order valence-electron chi connectivity index (χ4n) is 2.09. The molecular formula is C11H22N2O2. The molecule has 1 aliphatic carbocycles. The summed E-state index contributed by atoms with van der Waals surface area (Å²) in [5, 5.41) is 13.0. The van der Waals surface area contributed by atoms with Crippen molar-refractivity contribution in [3.8, 4) is 0 Å². The Labute approximate surface area is 91.6 Å². The topological polar surface area (TPSA) is 52.6 Å². The van der Waals surface area contributed by atoms with Crippen LogP contribution in [0, 0.1) is 0 Å². The van der Waals surface area contributed by atoms with Crippen LogP contribution in [0.1, 0.15) is 32.6 Å². The molecule has 4 heteroatoms. The van der Waals surface area contributed by atoms with Gasteiger partial charge >= 0.3 is 0 Å². The van der Waals surface area contributed by atoms with E-state index in [2.05, 4.69) is 5.32 Å². The number of nitrogens with one attached hydrogen (secondary N) is 1. The van der Waals surface area contributed by atoms with Gasteiger partial charge in [0.05, 0.1) is 12.1 Å². The second-order valence-corrected chi connectivity index (χ2v) is 4.58. The van der Waals surface area contributed by atoms with Gasteiger partial charge in [-0.15, -0.1) is 0 Å². The third-order valence-electron chi connectivity index (χ3n) is 3.00. The van der Waals surface area contributed by atoms with Gasteiger partial charge in [0.1, 0.15) is 0 Å². The van der Waals surface area contributed by atoms with Crippen LogP contribution in [-0.4, -0.2) is 48.2 Å². The van der Waals surface area contributed by atoms with E-state index in [-0.39, 0.29) is 24.1 Å². The standard InChI is InChI=1S/C11H22N2O2/c1-8(11(15)13(2)3)12-9-6-4-5-7-10(9)14/h8-10,12,14H,4-7H2,1-3H3/t8?,9-,10-/m1/s1. The minimum absolute atomic E-state index is 0.0628. The van der Waals surface area contributed by atoms with Crippen molar-refractivity contribution in [1.82, 2.24) is 10.2 Å². The van der Waals surface area contributed by atoms with Gasteiger partial charge in [-0.3, -0.25) is 4.79 Å². The maximum absolute atomic E-state index is 11.6. The number of amides is 1. The molecule has 0 radical (unpaired) electrons. The summed E-state index contributed by atoms with van der Waals surface area (Å²) >= 11 is 0. The zero-order chi connectivity index (χ0) is 11.4. The molecule has 0 heterocycles. The fraction of sp³-hybridized carbons (Fsp3) is 0.909. The van der Waals surface area contributed by atoms with Gasteiger partial charge in [-0.2, -0.15) is 0 Å². The third-order valence-corrected chi connectivity index (χ3v) is 3.00. The Morgan fingerprint density at radius 1 is 1.40 bits per heavy atom. The molecule has 0 saturated heterocycles. The van der Waals surface area contributed by atoms with E-state index in [0.717, 1.165) is 25.7 Å². The van der Waals surface area contributed by atoms with Crippen LogP contribution in [0.2, 0.25) is 0 Å². The number of aliphatic hydroxyl groups excluding tert-OH is 1. The largest absolute Gasteiger partial charge is 0.392 e. The van der Waals surface area contributed by atoms with E-state index in [4.69, 9.17) is 0 Å². The number of hydrogen-bond acceptors (Lipinski definition) is 3. The smallest absolute Gasteiger partial charge is 0.238 e. The van der Waals surface area contributed by atoms with Crippen molar-refractivity contribution in [3.05, 3.63) is 0 Å². The van der Waals surface area contributed by atoms with Crippen LogP contribution in [0.3, 0.4) is 0 Å². The summed E-state index contributed by atoms with van der Waals surface area (Å²) in [5.41, 5.74) is 0. The third kappa shape index (κ3) is 3.47. The molecule has 1 aliphatic rings. The zero-order valence-electron chi connectivity index (χ0n) is 9.86. The molecule has 1 rings (SSSR count). The molecule has 0 bridgehead atoms. The molecule has 2 N–H and O–H groups in total. The highest BCUT2D eigenvalue weighted by Gasteiger charge is 2.26. The van der Waals surface area contributed by atoms with Crippen LogP contribution in [0.5, 0.6) is 0 Å². The van der Waals surface area contributed by atoms with Gasteiger partial charge in [0.25, 0.3) is 0 Å². The summed E-state index contributed by atoms with van der Waals surface area (Å²) in [6.45, 7) is 1.85. The Bertz CT molecular complexity index is 219. The van der Waals surface area contributed by atoms with Crippen molar-refractivity contribution >= 4 is 5.91 Å². The second kappa shape index (κ2) is 5.47. The maximum atomic E-state index is 11.6. The van der Waals surface area contributed by atoms with Gasteiger partial charge in [0.15, 0.2) is 0 Å². The van der Waals surface area contributed by atoms with Crippen LogP contribution in [0.4, 0.5) is 0 Å². The second-order valence-electron chi connectivity index (χ2n) is 4.58. The summed E-state index contributed by atoms with van der Waals surface area (Å²) in [7, 11) is 3.50. The highest BCUT2D eigenvalue weighted by Crippen LogP contribution is 2.18. The first-order valence-corrected chi connectivity index (χ1v) is 5.67. The molecule has 0 aliphatic heterocycles. The predicted octanol–water partition coefficient (Wildman–Crippen LogP) is 0.356. The normalized spacial score (nSPS) is 28.5. The quantitative estimate of drug-likeness (QED) is 0.713.